The lowest BCUT2D eigenvalue weighted by atomic mass is 10.0. The number of hydrogen-bond acceptors (Lipinski definition) is 6. The van der Waals surface area contributed by atoms with Crippen molar-refractivity contribution in [3.8, 4) is 11.5 Å². The van der Waals surface area contributed by atoms with Gasteiger partial charge in [0.1, 0.15) is 17.3 Å². The number of carboxylic acids is 1. The van der Waals surface area contributed by atoms with Gasteiger partial charge in [-0.15, -0.1) is 0 Å². The van der Waals surface area contributed by atoms with Crippen LogP contribution < -0.4 is 9.47 Å². The molecular weight excluding hydrogens is 434 g/mol. The van der Waals surface area contributed by atoms with Gasteiger partial charge in [0.05, 0.1) is 26.5 Å². The fraction of sp³-hybridized carbons (Fsp3) is 0.333. The second-order valence-electron chi connectivity index (χ2n) is 8.85. The number of carbonyl (C=O) groups excluding carboxylic acids is 1. The molecule has 1 heterocycles. The van der Waals surface area contributed by atoms with E-state index in [9.17, 15) is 14.7 Å². The SMILES string of the molecule is COc1ccc(C(=O)CN(Cc2cc(C)c(OC(C)(C)C(=O)O)c(C)c2)Cc2ccco2)cc1. The first-order chi connectivity index (χ1) is 16.1. The van der Waals surface area contributed by atoms with Crippen LogP contribution in [-0.4, -0.2) is 41.0 Å². The average Bonchev–Trinajstić information content (AvgIpc) is 3.29. The number of carbonyl (C=O) groups is 2. The van der Waals surface area contributed by atoms with Crippen LogP contribution in [0.25, 0.3) is 0 Å². The van der Waals surface area contributed by atoms with Crippen molar-refractivity contribution in [3.05, 3.63) is 82.8 Å². The third-order valence-corrected chi connectivity index (χ3v) is 5.54. The van der Waals surface area contributed by atoms with E-state index in [0.29, 0.717) is 30.2 Å². The Morgan fingerprint density at radius 3 is 2.21 bits per heavy atom. The summed E-state index contributed by atoms with van der Waals surface area (Å²) in [5, 5.41) is 9.41. The van der Waals surface area contributed by atoms with Gasteiger partial charge in [0.15, 0.2) is 11.4 Å². The Morgan fingerprint density at radius 1 is 1.03 bits per heavy atom. The number of carboxylic acid groups (broad SMARTS) is 1. The van der Waals surface area contributed by atoms with Gasteiger partial charge < -0.3 is 19.0 Å². The highest BCUT2D eigenvalue weighted by Gasteiger charge is 2.30. The number of benzene rings is 2. The average molecular weight is 466 g/mol. The molecule has 0 aliphatic rings. The van der Waals surface area contributed by atoms with Crippen molar-refractivity contribution < 1.29 is 28.6 Å². The van der Waals surface area contributed by atoms with Gasteiger partial charge >= 0.3 is 5.97 Å². The Kier molecular flexibility index (Phi) is 7.79. The third kappa shape index (κ3) is 6.26. The number of aliphatic carboxylic acids is 1. The van der Waals surface area contributed by atoms with Crippen molar-refractivity contribution >= 4 is 11.8 Å². The second-order valence-corrected chi connectivity index (χ2v) is 8.85. The topological polar surface area (TPSA) is 89.2 Å². The first kappa shape index (κ1) is 25.1. The molecule has 0 radical (unpaired) electrons. The highest BCUT2D eigenvalue weighted by Crippen LogP contribution is 2.29. The molecule has 1 N–H and O–H groups in total. The predicted octanol–water partition coefficient (Wildman–Crippen LogP) is 5.03. The first-order valence-electron chi connectivity index (χ1n) is 11.0. The lowest BCUT2D eigenvalue weighted by molar-refractivity contribution is -0.152. The molecule has 3 aromatic rings. The van der Waals surface area contributed by atoms with Gasteiger partial charge in [-0.25, -0.2) is 4.79 Å². The van der Waals surface area contributed by atoms with Gasteiger partial charge in [-0.2, -0.15) is 0 Å². The van der Waals surface area contributed by atoms with Crippen LogP contribution in [-0.2, 0) is 17.9 Å². The summed E-state index contributed by atoms with van der Waals surface area (Å²) in [5.74, 6) is 0.980. The van der Waals surface area contributed by atoms with Gasteiger partial charge in [0, 0.05) is 12.1 Å². The molecule has 7 heteroatoms. The summed E-state index contributed by atoms with van der Waals surface area (Å²) >= 11 is 0. The van der Waals surface area contributed by atoms with Gasteiger partial charge in [0.25, 0.3) is 0 Å². The van der Waals surface area contributed by atoms with Crippen LogP contribution in [0.15, 0.2) is 59.2 Å². The lowest BCUT2D eigenvalue weighted by Gasteiger charge is -2.26. The van der Waals surface area contributed by atoms with Gasteiger partial charge in [-0.05, 0) is 80.8 Å². The summed E-state index contributed by atoms with van der Waals surface area (Å²) in [4.78, 5) is 26.5. The number of nitrogens with zero attached hydrogens (tertiary/aromatic N) is 1. The molecule has 0 spiro atoms. The standard InChI is InChI=1S/C27H31NO6/c1-18-13-20(14-19(2)25(18)34-27(3,4)26(30)31)15-28(16-23-7-6-12-33-23)17-24(29)21-8-10-22(32-5)11-9-21/h6-14H,15-17H2,1-5H3,(H,30,31). The van der Waals surface area contributed by atoms with Crippen molar-refractivity contribution in [3.63, 3.8) is 0 Å². The first-order valence-corrected chi connectivity index (χ1v) is 11.0. The molecule has 0 fully saturated rings. The van der Waals surface area contributed by atoms with E-state index >= 15 is 0 Å². The van der Waals surface area contributed by atoms with E-state index < -0.39 is 11.6 Å². The summed E-state index contributed by atoms with van der Waals surface area (Å²) in [6.07, 6.45) is 1.61. The molecular formula is C27H31NO6. The largest absolute Gasteiger partial charge is 0.497 e. The van der Waals surface area contributed by atoms with E-state index in [1.807, 2.05) is 43.0 Å². The number of methoxy groups -OCH3 is 1. The van der Waals surface area contributed by atoms with E-state index in [-0.39, 0.29) is 12.3 Å². The fourth-order valence-electron chi connectivity index (χ4n) is 3.71. The van der Waals surface area contributed by atoms with Gasteiger partial charge in [-0.3, -0.25) is 9.69 Å². The van der Waals surface area contributed by atoms with Crippen molar-refractivity contribution in [2.24, 2.45) is 0 Å². The van der Waals surface area contributed by atoms with Crippen molar-refractivity contribution in [2.45, 2.75) is 46.4 Å². The third-order valence-electron chi connectivity index (χ3n) is 5.54. The minimum atomic E-state index is -1.34. The monoisotopic (exact) mass is 465 g/mol. The molecule has 2 aromatic carbocycles. The molecule has 180 valence electrons. The molecule has 1 aromatic heterocycles. The Balaban J connectivity index is 1.81. The van der Waals surface area contributed by atoms with E-state index in [1.165, 1.54) is 13.8 Å². The second kappa shape index (κ2) is 10.6. The summed E-state index contributed by atoms with van der Waals surface area (Å²) in [6.45, 7) is 8.02. The lowest BCUT2D eigenvalue weighted by Crippen LogP contribution is -2.38. The number of ketones is 1. The minimum absolute atomic E-state index is 0.00851. The Labute approximate surface area is 199 Å². The summed E-state index contributed by atoms with van der Waals surface area (Å²) in [5.41, 5.74) is 1.93. The summed E-state index contributed by atoms with van der Waals surface area (Å²) in [6, 6.07) is 14.7. The molecule has 0 unspecified atom stereocenters. The summed E-state index contributed by atoms with van der Waals surface area (Å²) < 4.78 is 16.5. The quantitative estimate of drug-likeness (QED) is 0.397. The maximum absolute atomic E-state index is 13.0. The highest BCUT2D eigenvalue weighted by atomic mass is 16.5. The Hall–Kier alpha value is -3.58. The zero-order valence-electron chi connectivity index (χ0n) is 20.3. The van der Waals surface area contributed by atoms with Crippen molar-refractivity contribution in [1.82, 2.24) is 4.90 Å². The molecule has 0 amide bonds. The molecule has 3 rings (SSSR count). The molecule has 0 saturated heterocycles. The molecule has 34 heavy (non-hydrogen) atoms. The number of ether oxygens (including phenoxy) is 2. The molecule has 0 aliphatic carbocycles. The highest BCUT2D eigenvalue weighted by molar-refractivity contribution is 5.97. The molecule has 0 saturated carbocycles. The molecule has 0 aliphatic heterocycles. The Morgan fingerprint density at radius 2 is 1.68 bits per heavy atom. The van der Waals surface area contributed by atoms with Crippen LogP contribution in [0.3, 0.4) is 0 Å². The van der Waals surface area contributed by atoms with E-state index in [0.717, 1.165) is 22.5 Å². The van der Waals surface area contributed by atoms with Crippen LogP contribution in [0.2, 0.25) is 0 Å². The van der Waals surface area contributed by atoms with Gasteiger partial charge in [-0.1, -0.05) is 12.1 Å². The van der Waals surface area contributed by atoms with Crippen molar-refractivity contribution in [1.29, 1.82) is 0 Å². The van der Waals surface area contributed by atoms with Crippen LogP contribution in [0.4, 0.5) is 0 Å². The Bertz CT molecular complexity index is 1110. The summed E-state index contributed by atoms with van der Waals surface area (Å²) in [7, 11) is 1.59. The maximum Gasteiger partial charge on any atom is 0.347 e. The van der Waals surface area contributed by atoms with Crippen molar-refractivity contribution in [2.75, 3.05) is 13.7 Å². The predicted molar refractivity (Wildman–Crippen MR) is 128 cm³/mol. The normalized spacial score (nSPS) is 11.5. The zero-order valence-corrected chi connectivity index (χ0v) is 20.3. The van der Waals surface area contributed by atoms with Crippen LogP contribution >= 0.6 is 0 Å². The number of hydrogen-bond donors (Lipinski definition) is 1. The number of aryl methyl sites for hydroxylation is 2. The van der Waals surface area contributed by atoms with Crippen LogP contribution in [0, 0.1) is 13.8 Å². The number of rotatable bonds is 11. The molecule has 0 bridgehead atoms. The zero-order chi connectivity index (χ0) is 24.9. The smallest absolute Gasteiger partial charge is 0.347 e. The van der Waals surface area contributed by atoms with Crippen LogP contribution in [0.1, 0.15) is 46.7 Å². The minimum Gasteiger partial charge on any atom is -0.497 e. The number of Topliss-reactive ketones (excluding diaryl/α,β-unsaturated/α-hetero) is 1. The fourth-order valence-corrected chi connectivity index (χ4v) is 3.71. The van der Waals surface area contributed by atoms with E-state index in [1.54, 1.807) is 37.6 Å². The van der Waals surface area contributed by atoms with E-state index in [4.69, 9.17) is 13.9 Å². The van der Waals surface area contributed by atoms with Crippen LogP contribution in [0.5, 0.6) is 11.5 Å². The maximum atomic E-state index is 13.0. The molecule has 7 nitrogen and oxygen atoms in total. The van der Waals surface area contributed by atoms with E-state index in [2.05, 4.69) is 0 Å². The number of furan rings is 1. The molecule has 0 atom stereocenters. The van der Waals surface area contributed by atoms with Gasteiger partial charge in [0.2, 0.25) is 0 Å².